The third kappa shape index (κ3) is 3.10. The molecule has 116 valence electrons. The van der Waals surface area contributed by atoms with Gasteiger partial charge < -0.3 is 14.9 Å². The number of carboxylic acids is 1. The standard InChI is InChI=1S/C18H15NO3S/c1-11-6-8-12(9-7-11)19-23-16-10-15(18(21)22)17(20)14-5-3-2-4-13(14)16/h2-10,19-20H,1H3,(H,21,22). The first-order valence-corrected chi connectivity index (χ1v) is 7.85. The molecule has 0 aliphatic heterocycles. The van der Waals surface area contributed by atoms with Crippen LogP contribution < -0.4 is 4.72 Å². The van der Waals surface area contributed by atoms with Crippen molar-refractivity contribution in [2.45, 2.75) is 11.8 Å². The van der Waals surface area contributed by atoms with Gasteiger partial charge in [-0.3, -0.25) is 0 Å². The van der Waals surface area contributed by atoms with Gasteiger partial charge in [-0.05, 0) is 37.1 Å². The molecule has 0 bridgehead atoms. The number of nitrogens with one attached hydrogen (secondary N) is 1. The minimum Gasteiger partial charge on any atom is -0.506 e. The van der Waals surface area contributed by atoms with Crippen LogP contribution in [0.15, 0.2) is 59.5 Å². The van der Waals surface area contributed by atoms with Crippen molar-refractivity contribution in [2.75, 3.05) is 4.72 Å². The lowest BCUT2D eigenvalue weighted by molar-refractivity contribution is 0.0694. The highest BCUT2D eigenvalue weighted by Crippen LogP contribution is 2.36. The number of phenols is 1. The van der Waals surface area contributed by atoms with Gasteiger partial charge in [-0.25, -0.2) is 4.79 Å². The van der Waals surface area contributed by atoms with E-state index in [1.54, 1.807) is 12.1 Å². The van der Waals surface area contributed by atoms with Gasteiger partial charge in [-0.2, -0.15) is 0 Å². The van der Waals surface area contributed by atoms with Crippen LogP contribution >= 0.6 is 11.9 Å². The summed E-state index contributed by atoms with van der Waals surface area (Å²) in [6, 6.07) is 16.6. The second-order valence-electron chi connectivity index (χ2n) is 5.19. The number of carbonyl (C=O) groups is 1. The molecular weight excluding hydrogens is 310 g/mol. The monoisotopic (exact) mass is 325 g/mol. The van der Waals surface area contributed by atoms with E-state index in [0.717, 1.165) is 16.0 Å². The van der Waals surface area contributed by atoms with Gasteiger partial charge in [0.15, 0.2) is 0 Å². The summed E-state index contributed by atoms with van der Waals surface area (Å²) in [5, 5.41) is 20.8. The molecule has 0 aliphatic carbocycles. The van der Waals surface area contributed by atoms with Gasteiger partial charge in [-0.15, -0.1) is 0 Å². The molecule has 0 spiro atoms. The Labute approximate surface area is 137 Å². The summed E-state index contributed by atoms with van der Waals surface area (Å²) in [5.41, 5.74) is 2.00. The maximum absolute atomic E-state index is 11.3. The minimum absolute atomic E-state index is 0.100. The maximum Gasteiger partial charge on any atom is 0.339 e. The SMILES string of the molecule is Cc1ccc(NSc2cc(C(=O)O)c(O)c3ccccc23)cc1. The van der Waals surface area contributed by atoms with Crippen LogP contribution in [0.3, 0.4) is 0 Å². The Balaban J connectivity index is 2.00. The van der Waals surface area contributed by atoms with Gasteiger partial charge in [-0.1, -0.05) is 42.0 Å². The lowest BCUT2D eigenvalue weighted by Gasteiger charge is -2.12. The number of hydrogen-bond acceptors (Lipinski definition) is 4. The van der Waals surface area contributed by atoms with E-state index in [1.165, 1.54) is 23.6 Å². The second kappa shape index (κ2) is 6.22. The number of fused-ring (bicyclic) bond motifs is 1. The number of benzene rings is 3. The fourth-order valence-corrected chi connectivity index (χ4v) is 3.14. The number of aryl methyl sites for hydroxylation is 1. The van der Waals surface area contributed by atoms with E-state index in [1.807, 2.05) is 43.3 Å². The molecule has 0 aromatic heterocycles. The van der Waals surface area contributed by atoms with E-state index in [9.17, 15) is 15.0 Å². The van der Waals surface area contributed by atoms with Crippen LogP contribution in [0.1, 0.15) is 15.9 Å². The van der Waals surface area contributed by atoms with E-state index in [0.29, 0.717) is 5.39 Å². The van der Waals surface area contributed by atoms with E-state index in [2.05, 4.69) is 4.72 Å². The van der Waals surface area contributed by atoms with E-state index in [4.69, 9.17) is 0 Å². The van der Waals surface area contributed by atoms with Gasteiger partial charge in [0.25, 0.3) is 0 Å². The Morgan fingerprint density at radius 2 is 1.70 bits per heavy atom. The molecule has 0 aliphatic rings. The molecule has 3 aromatic rings. The molecule has 0 saturated carbocycles. The molecule has 0 radical (unpaired) electrons. The van der Waals surface area contributed by atoms with Crippen molar-refractivity contribution in [3.63, 3.8) is 0 Å². The van der Waals surface area contributed by atoms with Crippen molar-refractivity contribution in [3.8, 4) is 5.75 Å². The number of aromatic carboxylic acids is 1. The number of aromatic hydroxyl groups is 1. The van der Waals surface area contributed by atoms with Crippen molar-refractivity contribution < 1.29 is 15.0 Å². The molecule has 0 atom stereocenters. The molecule has 4 nitrogen and oxygen atoms in total. The Bertz CT molecular complexity index is 875. The number of carboxylic acid groups (broad SMARTS) is 1. The summed E-state index contributed by atoms with van der Waals surface area (Å²) in [4.78, 5) is 12.1. The van der Waals surface area contributed by atoms with Gasteiger partial charge in [0.1, 0.15) is 11.3 Å². The average Bonchev–Trinajstić information content (AvgIpc) is 2.55. The first-order chi connectivity index (χ1) is 11.1. The highest BCUT2D eigenvalue weighted by atomic mass is 32.2. The maximum atomic E-state index is 11.3. The third-order valence-corrected chi connectivity index (χ3v) is 4.43. The largest absolute Gasteiger partial charge is 0.506 e. The number of hydrogen-bond donors (Lipinski definition) is 3. The van der Waals surface area contributed by atoms with E-state index < -0.39 is 5.97 Å². The molecule has 5 heteroatoms. The first-order valence-electron chi connectivity index (χ1n) is 7.04. The first kappa shape index (κ1) is 15.2. The summed E-state index contributed by atoms with van der Waals surface area (Å²) in [6.45, 7) is 2.02. The second-order valence-corrected chi connectivity index (χ2v) is 6.04. The van der Waals surface area contributed by atoms with Gasteiger partial charge in [0, 0.05) is 21.4 Å². The molecule has 0 unspecified atom stereocenters. The van der Waals surface area contributed by atoms with Crippen LogP contribution in [0, 0.1) is 6.92 Å². The summed E-state index contributed by atoms with van der Waals surface area (Å²) in [7, 11) is 0. The minimum atomic E-state index is -1.15. The van der Waals surface area contributed by atoms with E-state index in [-0.39, 0.29) is 11.3 Å². The average molecular weight is 325 g/mol. The molecular formula is C18H15NO3S. The van der Waals surface area contributed by atoms with Crippen LogP contribution in [-0.2, 0) is 0 Å². The molecule has 0 heterocycles. The highest BCUT2D eigenvalue weighted by Gasteiger charge is 2.16. The lowest BCUT2D eigenvalue weighted by Crippen LogP contribution is -1.99. The van der Waals surface area contributed by atoms with Crippen molar-refractivity contribution >= 4 is 34.4 Å². The molecule has 3 rings (SSSR count). The van der Waals surface area contributed by atoms with Gasteiger partial charge in [0.2, 0.25) is 0 Å². The Morgan fingerprint density at radius 1 is 1.04 bits per heavy atom. The predicted molar refractivity (Wildman–Crippen MR) is 93.2 cm³/mol. The summed E-state index contributed by atoms with van der Waals surface area (Å²) >= 11 is 1.32. The van der Waals surface area contributed by atoms with Crippen molar-refractivity contribution in [1.29, 1.82) is 0 Å². The highest BCUT2D eigenvalue weighted by molar-refractivity contribution is 8.00. The van der Waals surface area contributed by atoms with Crippen LogP contribution in [0.2, 0.25) is 0 Å². The van der Waals surface area contributed by atoms with Crippen molar-refractivity contribution in [3.05, 3.63) is 65.7 Å². The van der Waals surface area contributed by atoms with Crippen LogP contribution in [0.25, 0.3) is 10.8 Å². The molecule has 0 amide bonds. The Morgan fingerprint density at radius 3 is 2.35 bits per heavy atom. The Kier molecular flexibility index (Phi) is 4.12. The zero-order valence-corrected chi connectivity index (χ0v) is 13.2. The summed E-state index contributed by atoms with van der Waals surface area (Å²) in [6.07, 6.45) is 0. The lowest BCUT2D eigenvalue weighted by atomic mass is 10.1. The van der Waals surface area contributed by atoms with E-state index >= 15 is 0 Å². The van der Waals surface area contributed by atoms with Gasteiger partial charge in [0.05, 0.1) is 0 Å². The summed E-state index contributed by atoms with van der Waals surface area (Å²) in [5.74, 6) is -1.35. The van der Waals surface area contributed by atoms with Crippen LogP contribution in [-0.4, -0.2) is 16.2 Å². The Hall–Kier alpha value is -2.66. The topological polar surface area (TPSA) is 69.6 Å². The van der Waals surface area contributed by atoms with Crippen LogP contribution in [0.5, 0.6) is 5.75 Å². The smallest absolute Gasteiger partial charge is 0.339 e. The van der Waals surface area contributed by atoms with Gasteiger partial charge >= 0.3 is 5.97 Å². The number of rotatable bonds is 4. The molecule has 0 fully saturated rings. The quantitative estimate of drug-likeness (QED) is 0.608. The fraction of sp³-hybridized carbons (Fsp3) is 0.0556. The molecule has 0 saturated heterocycles. The number of anilines is 1. The third-order valence-electron chi connectivity index (χ3n) is 3.54. The fourth-order valence-electron chi connectivity index (χ4n) is 2.31. The predicted octanol–water partition coefficient (Wildman–Crippen LogP) is 4.67. The zero-order chi connectivity index (χ0) is 16.4. The van der Waals surface area contributed by atoms with Crippen molar-refractivity contribution in [2.24, 2.45) is 0 Å². The summed E-state index contributed by atoms with van der Waals surface area (Å²) < 4.78 is 3.21. The normalized spacial score (nSPS) is 10.7. The van der Waals surface area contributed by atoms with Crippen molar-refractivity contribution in [1.82, 2.24) is 0 Å². The zero-order valence-electron chi connectivity index (χ0n) is 12.4. The molecule has 3 N–H and O–H groups in total. The molecule has 3 aromatic carbocycles. The molecule has 23 heavy (non-hydrogen) atoms. The van der Waals surface area contributed by atoms with Crippen LogP contribution in [0.4, 0.5) is 5.69 Å².